The lowest BCUT2D eigenvalue weighted by atomic mass is 10.1. The van der Waals surface area contributed by atoms with Crippen LogP contribution in [0.5, 0.6) is 0 Å². The lowest BCUT2D eigenvalue weighted by Crippen LogP contribution is -2.36. The molecule has 0 fully saturated rings. The highest BCUT2D eigenvalue weighted by molar-refractivity contribution is 5.96. The molecule has 2 N–H and O–H groups in total. The van der Waals surface area contributed by atoms with Crippen LogP contribution in [0.1, 0.15) is 35.3 Å². The van der Waals surface area contributed by atoms with Crippen molar-refractivity contribution in [3.8, 4) is 0 Å². The van der Waals surface area contributed by atoms with Gasteiger partial charge in [-0.15, -0.1) is 0 Å². The number of benzene rings is 2. The van der Waals surface area contributed by atoms with Gasteiger partial charge in [-0.25, -0.2) is 0 Å². The van der Waals surface area contributed by atoms with Crippen molar-refractivity contribution in [2.45, 2.75) is 26.9 Å². The molecular weight excluding hydrogens is 372 g/mol. The molecule has 0 saturated carbocycles. The van der Waals surface area contributed by atoms with Gasteiger partial charge in [0.1, 0.15) is 0 Å². The van der Waals surface area contributed by atoms with Crippen molar-refractivity contribution in [3.05, 3.63) is 75.3 Å². The second-order valence-corrected chi connectivity index (χ2v) is 6.55. The summed E-state index contributed by atoms with van der Waals surface area (Å²) in [5.74, 6) is -0.872. The summed E-state index contributed by atoms with van der Waals surface area (Å²) >= 11 is 0. The van der Waals surface area contributed by atoms with Gasteiger partial charge in [-0.3, -0.25) is 24.6 Å². The molecule has 0 spiro atoms. The van der Waals surface area contributed by atoms with Gasteiger partial charge >= 0.3 is 0 Å². The lowest BCUT2D eigenvalue weighted by molar-refractivity contribution is -0.384. The van der Waals surface area contributed by atoms with Crippen molar-refractivity contribution in [2.24, 2.45) is 0 Å². The molecule has 8 heteroatoms. The Hall–Kier alpha value is -3.26. The highest BCUT2D eigenvalue weighted by Gasteiger charge is 2.12. The number of carbonyl (C=O) groups excluding carboxylic acids is 2. The maximum atomic E-state index is 12.1. The maximum absolute atomic E-state index is 12.1. The van der Waals surface area contributed by atoms with Crippen molar-refractivity contribution < 1.29 is 14.5 Å². The average molecular weight is 398 g/mol. The van der Waals surface area contributed by atoms with Crippen LogP contribution >= 0.6 is 0 Å². The van der Waals surface area contributed by atoms with Gasteiger partial charge in [0.05, 0.1) is 11.5 Å². The zero-order chi connectivity index (χ0) is 21.2. The fourth-order valence-corrected chi connectivity index (χ4v) is 2.83. The zero-order valence-corrected chi connectivity index (χ0v) is 16.7. The Morgan fingerprint density at radius 3 is 2.38 bits per heavy atom. The summed E-state index contributed by atoms with van der Waals surface area (Å²) in [7, 11) is 0. The Labute approximate surface area is 170 Å². The molecule has 154 valence electrons. The smallest absolute Gasteiger partial charge is 0.270 e. The SMILES string of the molecule is CCN(CC)Cc1cccc(CNC(=O)CNC(=O)c2cccc([N+](=O)[O-])c2)c1. The van der Waals surface area contributed by atoms with E-state index in [0.717, 1.165) is 25.2 Å². The number of nitro benzene ring substituents is 1. The number of hydrogen-bond acceptors (Lipinski definition) is 5. The standard InChI is InChI=1S/C21H26N4O4/c1-3-24(4-2)15-17-8-5-7-16(11-17)13-22-20(26)14-23-21(27)18-9-6-10-19(12-18)25(28)29/h5-12H,3-4,13-15H2,1-2H3,(H,22,26)(H,23,27). The van der Waals surface area contributed by atoms with E-state index < -0.39 is 10.8 Å². The van der Waals surface area contributed by atoms with Crippen molar-refractivity contribution in [3.63, 3.8) is 0 Å². The van der Waals surface area contributed by atoms with Crippen LogP contribution in [-0.2, 0) is 17.9 Å². The molecule has 0 aliphatic carbocycles. The van der Waals surface area contributed by atoms with Crippen LogP contribution < -0.4 is 10.6 Å². The number of rotatable bonds is 10. The first-order valence-electron chi connectivity index (χ1n) is 9.52. The highest BCUT2D eigenvalue weighted by atomic mass is 16.6. The maximum Gasteiger partial charge on any atom is 0.270 e. The van der Waals surface area contributed by atoms with Crippen molar-refractivity contribution in [1.29, 1.82) is 0 Å². The van der Waals surface area contributed by atoms with E-state index >= 15 is 0 Å². The second kappa shape index (κ2) is 10.9. The summed E-state index contributed by atoms with van der Waals surface area (Å²) in [6, 6.07) is 13.4. The summed E-state index contributed by atoms with van der Waals surface area (Å²) in [6.07, 6.45) is 0. The predicted octanol–water partition coefficient (Wildman–Crippen LogP) is 2.48. The van der Waals surface area contributed by atoms with Gasteiger partial charge in [0.25, 0.3) is 11.6 Å². The van der Waals surface area contributed by atoms with Crippen LogP contribution in [0.4, 0.5) is 5.69 Å². The first kappa shape index (κ1) is 22.0. The number of carbonyl (C=O) groups is 2. The Morgan fingerprint density at radius 1 is 1.00 bits per heavy atom. The van der Waals surface area contributed by atoms with Crippen LogP contribution in [0.3, 0.4) is 0 Å². The zero-order valence-electron chi connectivity index (χ0n) is 16.7. The quantitative estimate of drug-likeness (QED) is 0.473. The molecule has 2 aromatic carbocycles. The minimum atomic E-state index is -0.572. The van der Waals surface area contributed by atoms with Crippen LogP contribution in [0, 0.1) is 10.1 Å². The largest absolute Gasteiger partial charge is 0.350 e. The van der Waals surface area contributed by atoms with E-state index in [-0.39, 0.29) is 23.7 Å². The molecule has 2 aromatic rings. The molecule has 0 aromatic heterocycles. The molecule has 0 aliphatic rings. The molecule has 0 aliphatic heterocycles. The summed E-state index contributed by atoms with van der Waals surface area (Å²) in [6.45, 7) is 7.20. The number of amides is 2. The van der Waals surface area contributed by atoms with Crippen LogP contribution in [0.15, 0.2) is 48.5 Å². The Kier molecular flexibility index (Phi) is 8.29. The van der Waals surface area contributed by atoms with Gasteiger partial charge < -0.3 is 10.6 Å². The average Bonchev–Trinajstić information content (AvgIpc) is 2.74. The lowest BCUT2D eigenvalue weighted by Gasteiger charge is -2.18. The molecule has 2 amide bonds. The van der Waals surface area contributed by atoms with Crippen molar-refractivity contribution >= 4 is 17.5 Å². The molecule has 0 bridgehead atoms. The normalized spacial score (nSPS) is 10.6. The highest BCUT2D eigenvalue weighted by Crippen LogP contribution is 2.13. The fourth-order valence-electron chi connectivity index (χ4n) is 2.83. The summed E-state index contributed by atoms with van der Waals surface area (Å²) in [5.41, 5.74) is 2.12. The van der Waals surface area contributed by atoms with E-state index in [1.54, 1.807) is 0 Å². The number of hydrogen-bond donors (Lipinski definition) is 2. The van der Waals surface area contributed by atoms with Crippen LogP contribution in [-0.4, -0.2) is 41.3 Å². The first-order valence-corrected chi connectivity index (χ1v) is 9.52. The Morgan fingerprint density at radius 2 is 1.69 bits per heavy atom. The molecule has 0 atom stereocenters. The second-order valence-electron chi connectivity index (χ2n) is 6.55. The van der Waals surface area contributed by atoms with Gasteiger partial charge in [0, 0.05) is 30.8 Å². The minimum Gasteiger partial charge on any atom is -0.350 e. The van der Waals surface area contributed by atoms with E-state index in [4.69, 9.17) is 0 Å². The first-order chi connectivity index (χ1) is 13.9. The molecule has 0 saturated heterocycles. The summed E-state index contributed by atoms with van der Waals surface area (Å²) < 4.78 is 0. The molecule has 0 radical (unpaired) electrons. The van der Waals surface area contributed by atoms with Gasteiger partial charge in [-0.2, -0.15) is 0 Å². The van der Waals surface area contributed by atoms with E-state index in [2.05, 4.69) is 41.5 Å². The van der Waals surface area contributed by atoms with Gasteiger partial charge in [0.2, 0.25) is 5.91 Å². The molecular formula is C21H26N4O4. The monoisotopic (exact) mass is 398 g/mol. The predicted molar refractivity (Wildman–Crippen MR) is 110 cm³/mol. The van der Waals surface area contributed by atoms with Gasteiger partial charge in [0.15, 0.2) is 0 Å². The number of nitro groups is 1. The summed E-state index contributed by atoms with van der Waals surface area (Å²) in [5, 5.41) is 16.0. The Bertz CT molecular complexity index is 865. The van der Waals surface area contributed by atoms with E-state index in [0.29, 0.717) is 6.54 Å². The summed E-state index contributed by atoms with van der Waals surface area (Å²) in [4.78, 5) is 36.6. The van der Waals surface area contributed by atoms with E-state index in [1.165, 1.54) is 29.8 Å². The molecule has 2 rings (SSSR count). The van der Waals surface area contributed by atoms with Gasteiger partial charge in [-0.1, -0.05) is 44.2 Å². The van der Waals surface area contributed by atoms with Crippen LogP contribution in [0.25, 0.3) is 0 Å². The number of non-ortho nitro benzene ring substituents is 1. The molecule has 8 nitrogen and oxygen atoms in total. The van der Waals surface area contributed by atoms with E-state index in [9.17, 15) is 19.7 Å². The van der Waals surface area contributed by atoms with Crippen LogP contribution in [0.2, 0.25) is 0 Å². The number of nitrogens with one attached hydrogen (secondary N) is 2. The Balaban J connectivity index is 1.83. The van der Waals surface area contributed by atoms with Crippen molar-refractivity contribution in [1.82, 2.24) is 15.5 Å². The molecule has 0 heterocycles. The number of nitrogens with zero attached hydrogens (tertiary/aromatic N) is 2. The van der Waals surface area contributed by atoms with Gasteiger partial charge in [-0.05, 0) is 30.3 Å². The van der Waals surface area contributed by atoms with Crippen molar-refractivity contribution in [2.75, 3.05) is 19.6 Å². The molecule has 0 unspecified atom stereocenters. The topological polar surface area (TPSA) is 105 Å². The minimum absolute atomic E-state index is 0.135. The third-order valence-electron chi connectivity index (χ3n) is 4.51. The molecule has 29 heavy (non-hydrogen) atoms. The third-order valence-corrected chi connectivity index (χ3v) is 4.51. The fraction of sp³-hybridized carbons (Fsp3) is 0.333. The van der Waals surface area contributed by atoms with E-state index in [1.807, 2.05) is 12.1 Å². The third kappa shape index (κ3) is 7.00.